The Hall–Kier alpha value is -1.56. The summed E-state index contributed by atoms with van der Waals surface area (Å²) < 4.78 is 8.06. The van der Waals surface area contributed by atoms with Crippen LogP contribution in [0.5, 0.6) is 0 Å². The van der Waals surface area contributed by atoms with Crippen LogP contribution < -0.4 is 10.6 Å². The number of likely N-dealkylation sites (tertiary alicyclic amines) is 1. The lowest BCUT2D eigenvalue weighted by atomic mass is 10.1. The summed E-state index contributed by atoms with van der Waals surface area (Å²) in [5, 5.41) is 6.74. The summed E-state index contributed by atoms with van der Waals surface area (Å²) in [5.41, 5.74) is 1.84. The zero-order valence-electron chi connectivity index (χ0n) is 16.0. The molecule has 0 unspecified atom stereocenters. The van der Waals surface area contributed by atoms with Crippen molar-refractivity contribution in [1.29, 1.82) is 0 Å². The van der Waals surface area contributed by atoms with Crippen molar-refractivity contribution >= 4 is 57.6 Å². The third-order valence-electron chi connectivity index (χ3n) is 4.49. The number of guanidine groups is 1. The van der Waals surface area contributed by atoms with Gasteiger partial charge >= 0.3 is 6.09 Å². The predicted octanol–water partition coefficient (Wildman–Crippen LogP) is 3.00. The van der Waals surface area contributed by atoms with Crippen LogP contribution in [0.15, 0.2) is 34.0 Å². The molecule has 8 nitrogen and oxygen atoms in total. The number of hydrogen-bond acceptors (Lipinski definition) is 4. The summed E-state index contributed by atoms with van der Waals surface area (Å²) in [5.74, 6) is 0.739. The first kappa shape index (κ1) is 22.7. The molecule has 0 bridgehead atoms. The Labute approximate surface area is 190 Å². The van der Waals surface area contributed by atoms with Gasteiger partial charge in [0.05, 0.1) is 18.8 Å². The molecule has 0 atom stereocenters. The minimum absolute atomic E-state index is 0. The lowest BCUT2D eigenvalue weighted by Gasteiger charge is -2.32. The van der Waals surface area contributed by atoms with Crippen molar-refractivity contribution in [2.75, 3.05) is 26.7 Å². The number of pyridine rings is 1. The number of halogens is 2. The van der Waals surface area contributed by atoms with Crippen molar-refractivity contribution in [1.82, 2.24) is 24.9 Å². The highest BCUT2D eigenvalue weighted by Gasteiger charge is 2.24. The number of rotatable bonds is 4. The molecule has 154 valence electrons. The zero-order valence-corrected chi connectivity index (χ0v) is 19.9. The van der Waals surface area contributed by atoms with Crippen molar-refractivity contribution in [3.63, 3.8) is 0 Å². The molecule has 3 heterocycles. The van der Waals surface area contributed by atoms with Crippen LogP contribution in [0, 0.1) is 0 Å². The smallest absolute Gasteiger partial charge is 0.409 e. The molecular formula is C18H26BrIN6O2. The number of nitrogens with one attached hydrogen (secondary N) is 2. The van der Waals surface area contributed by atoms with Crippen LogP contribution in [0.4, 0.5) is 4.79 Å². The maximum absolute atomic E-state index is 11.8. The van der Waals surface area contributed by atoms with E-state index in [0.29, 0.717) is 26.2 Å². The van der Waals surface area contributed by atoms with Crippen molar-refractivity contribution in [2.45, 2.75) is 32.4 Å². The highest BCUT2D eigenvalue weighted by atomic mass is 127. The Morgan fingerprint density at radius 1 is 1.36 bits per heavy atom. The zero-order chi connectivity index (χ0) is 19.2. The number of fused-ring (bicyclic) bond motifs is 1. The molecule has 10 heteroatoms. The number of imidazole rings is 1. The third-order valence-corrected chi connectivity index (χ3v) is 4.96. The molecule has 0 aromatic carbocycles. The SMILES string of the molecule is CCOC(=O)N1CCC(NC(=NC)NCc2cn3cc(Br)ccc3n2)CC1.I. The van der Waals surface area contributed by atoms with Gasteiger partial charge in [-0.25, -0.2) is 9.78 Å². The van der Waals surface area contributed by atoms with Crippen LogP contribution in [-0.4, -0.2) is 59.1 Å². The van der Waals surface area contributed by atoms with Gasteiger partial charge in [-0.1, -0.05) is 0 Å². The van der Waals surface area contributed by atoms with Gasteiger partial charge in [0.15, 0.2) is 5.96 Å². The normalized spacial score (nSPS) is 15.2. The number of piperidine rings is 1. The van der Waals surface area contributed by atoms with Gasteiger partial charge in [-0.2, -0.15) is 0 Å². The number of aromatic nitrogens is 2. The van der Waals surface area contributed by atoms with Crippen molar-refractivity contribution in [2.24, 2.45) is 4.99 Å². The Kier molecular flexibility index (Phi) is 8.80. The maximum Gasteiger partial charge on any atom is 0.409 e. The maximum atomic E-state index is 11.8. The van der Waals surface area contributed by atoms with Crippen LogP contribution in [-0.2, 0) is 11.3 Å². The predicted molar refractivity (Wildman–Crippen MR) is 123 cm³/mol. The van der Waals surface area contributed by atoms with Crippen LogP contribution in [0.25, 0.3) is 5.65 Å². The molecule has 0 radical (unpaired) electrons. The van der Waals surface area contributed by atoms with Gasteiger partial charge in [0.1, 0.15) is 5.65 Å². The first-order valence-corrected chi connectivity index (χ1v) is 9.90. The Balaban J connectivity index is 0.00000280. The highest BCUT2D eigenvalue weighted by Crippen LogP contribution is 2.13. The molecule has 2 aromatic rings. The van der Waals surface area contributed by atoms with Crippen molar-refractivity contribution in [3.8, 4) is 0 Å². The number of ether oxygens (including phenoxy) is 1. The molecule has 1 aliphatic heterocycles. The molecule has 1 fully saturated rings. The summed E-state index contributed by atoms with van der Waals surface area (Å²) >= 11 is 3.47. The number of aliphatic imine (C=N–C) groups is 1. The number of nitrogens with zero attached hydrogens (tertiary/aromatic N) is 4. The molecular weight excluding hydrogens is 539 g/mol. The van der Waals surface area contributed by atoms with Gasteiger partial charge in [-0.3, -0.25) is 4.99 Å². The molecule has 3 rings (SSSR count). The van der Waals surface area contributed by atoms with Gasteiger partial charge in [0.2, 0.25) is 0 Å². The van der Waals surface area contributed by atoms with Crippen LogP contribution >= 0.6 is 39.9 Å². The second kappa shape index (κ2) is 10.8. The standard InChI is InChI=1S/C18H25BrN6O2.HI/c1-3-27-18(26)24-8-6-14(7-9-24)23-17(20-2)21-10-15-12-25-11-13(19)4-5-16(25)22-15;/h4-5,11-12,14H,3,6-10H2,1-2H3,(H2,20,21,23);1H. The highest BCUT2D eigenvalue weighted by molar-refractivity contribution is 14.0. The van der Waals surface area contributed by atoms with E-state index in [1.54, 1.807) is 11.9 Å². The van der Waals surface area contributed by atoms with Crippen LogP contribution in [0.3, 0.4) is 0 Å². The second-order valence-corrected chi connectivity index (χ2v) is 7.29. The van der Waals surface area contributed by atoms with Gasteiger partial charge in [-0.05, 0) is 47.8 Å². The summed E-state index contributed by atoms with van der Waals surface area (Å²) in [6.07, 6.45) is 5.48. The Bertz CT molecular complexity index is 820. The van der Waals surface area contributed by atoms with Gasteiger partial charge in [0, 0.05) is 43.0 Å². The van der Waals surface area contributed by atoms with Crippen molar-refractivity contribution < 1.29 is 9.53 Å². The summed E-state index contributed by atoms with van der Waals surface area (Å²) in [4.78, 5) is 22.4. The van der Waals surface area contributed by atoms with Crippen molar-refractivity contribution in [3.05, 3.63) is 34.7 Å². The first-order valence-electron chi connectivity index (χ1n) is 9.11. The van der Waals surface area contributed by atoms with E-state index >= 15 is 0 Å². The largest absolute Gasteiger partial charge is 0.450 e. The lowest BCUT2D eigenvalue weighted by Crippen LogP contribution is -2.49. The number of amides is 1. The third kappa shape index (κ3) is 5.97. The molecule has 1 aliphatic rings. The van der Waals surface area contributed by atoms with Gasteiger partial charge in [0.25, 0.3) is 0 Å². The van der Waals surface area contributed by atoms with Crippen LogP contribution in [0.2, 0.25) is 0 Å². The van der Waals surface area contributed by atoms with Gasteiger partial charge < -0.3 is 24.7 Å². The molecule has 1 amide bonds. The van der Waals surface area contributed by atoms with E-state index in [2.05, 4.69) is 36.5 Å². The monoisotopic (exact) mass is 564 g/mol. The summed E-state index contributed by atoms with van der Waals surface area (Å²) in [6.45, 7) is 4.20. The number of carbonyl (C=O) groups is 1. The van der Waals surface area contributed by atoms with E-state index in [0.717, 1.165) is 34.6 Å². The first-order chi connectivity index (χ1) is 13.1. The Morgan fingerprint density at radius 2 is 2.11 bits per heavy atom. The summed E-state index contributed by atoms with van der Waals surface area (Å²) in [6, 6.07) is 4.22. The fourth-order valence-corrected chi connectivity index (χ4v) is 3.44. The molecule has 0 spiro atoms. The van der Waals surface area contributed by atoms with E-state index in [4.69, 9.17) is 4.74 Å². The lowest BCUT2D eigenvalue weighted by molar-refractivity contribution is 0.0963. The second-order valence-electron chi connectivity index (χ2n) is 6.38. The summed E-state index contributed by atoms with van der Waals surface area (Å²) in [7, 11) is 1.75. The average molecular weight is 565 g/mol. The molecule has 2 aromatic heterocycles. The van der Waals surface area contributed by atoms with E-state index in [1.807, 2.05) is 35.9 Å². The fourth-order valence-electron chi connectivity index (χ4n) is 3.09. The van der Waals surface area contributed by atoms with Gasteiger partial charge in [-0.15, -0.1) is 24.0 Å². The Morgan fingerprint density at radius 3 is 2.79 bits per heavy atom. The minimum Gasteiger partial charge on any atom is -0.450 e. The van der Waals surface area contributed by atoms with Crippen LogP contribution in [0.1, 0.15) is 25.5 Å². The number of hydrogen-bond donors (Lipinski definition) is 2. The molecule has 0 aliphatic carbocycles. The quantitative estimate of drug-likeness (QED) is 0.339. The minimum atomic E-state index is -0.225. The van der Waals surface area contributed by atoms with E-state index in [9.17, 15) is 4.79 Å². The van der Waals surface area contributed by atoms with E-state index < -0.39 is 0 Å². The van der Waals surface area contributed by atoms with E-state index in [1.165, 1.54) is 0 Å². The molecule has 28 heavy (non-hydrogen) atoms. The topological polar surface area (TPSA) is 83.3 Å². The molecule has 0 saturated carbocycles. The van der Waals surface area contributed by atoms with E-state index in [-0.39, 0.29) is 36.1 Å². The average Bonchev–Trinajstić information content (AvgIpc) is 3.07. The number of carbonyl (C=O) groups excluding carboxylic acids is 1. The molecule has 1 saturated heterocycles. The fraction of sp³-hybridized carbons (Fsp3) is 0.500. The molecule has 2 N–H and O–H groups in total.